The van der Waals surface area contributed by atoms with Crippen molar-refractivity contribution < 1.29 is 0 Å². The number of hydrogen-bond acceptors (Lipinski definition) is 2. The number of piperazine rings is 1. The molecule has 0 aromatic rings. The first kappa shape index (κ1) is 10.1. The van der Waals surface area contributed by atoms with Gasteiger partial charge in [0.15, 0.2) is 0 Å². The molecule has 4 rings (SSSR count). The largest absolute Gasteiger partial charge is 0.304 e. The van der Waals surface area contributed by atoms with E-state index < -0.39 is 0 Å². The normalized spacial score (nSPS) is 51.8. The van der Waals surface area contributed by atoms with Crippen molar-refractivity contribution in [3.63, 3.8) is 0 Å². The predicted octanol–water partition coefficient (Wildman–Crippen LogP) is 1.81. The van der Waals surface area contributed by atoms with Crippen LogP contribution in [0.1, 0.15) is 33.1 Å². The fourth-order valence-corrected chi connectivity index (χ4v) is 4.77. The Hall–Kier alpha value is -0.0800. The van der Waals surface area contributed by atoms with E-state index in [4.69, 9.17) is 0 Å². The zero-order valence-corrected chi connectivity index (χ0v) is 10.4. The molecular weight excluding hydrogens is 184 g/mol. The van der Waals surface area contributed by atoms with Gasteiger partial charge >= 0.3 is 0 Å². The molecule has 0 spiro atoms. The third kappa shape index (κ3) is 1.62. The molecule has 3 saturated heterocycles. The molecule has 4 fully saturated rings. The first-order valence-electron chi connectivity index (χ1n) is 6.41. The van der Waals surface area contributed by atoms with Crippen LogP contribution in [-0.2, 0) is 0 Å². The van der Waals surface area contributed by atoms with E-state index in [1.54, 1.807) is 0 Å². The molecule has 4 aliphatic rings. The van der Waals surface area contributed by atoms with Crippen LogP contribution in [0.25, 0.3) is 0 Å². The maximum absolute atomic E-state index is 2.78. The van der Waals surface area contributed by atoms with Crippen LogP contribution in [0.15, 0.2) is 0 Å². The summed E-state index contributed by atoms with van der Waals surface area (Å²) in [5.74, 6) is 0. The van der Waals surface area contributed by atoms with Gasteiger partial charge < -0.3 is 4.90 Å². The molecule has 0 aromatic carbocycles. The van der Waals surface area contributed by atoms with Crippen LogP contribution in [0.5, 0.6) is 0 Å². The van der Waals surface area contributed by atoms with E-state index in [0.29, 0.717) is 10.8 Å². The Kier molecular flexibility index (Phi) is 2.01. The Morgan fingerprint density at radius 1 is 1.07 bits per heavy atom. The Bertz CT molecular complexity index is 268. The highest BCUT2D eigenvalue weighted by Crippen LogP contribution is 2.59. The molecular formula is C13H24N2. The van der Waals surface area contributed by atoms with Crippen LogP contribution in [-0.4, -0.2) is 49.1 Å². The van der Waals surface area contributed by atoms with E-state index in [2.05, 4.69) is 30.7 Å². The van der Waals surface area contributed by atoms with Crippen LogP contribution >= 0.6 is 0 Å². The highest BCUT2D eigenvalue weighted by molar-refractivity contribution is 5.06. The zero-order valence-electron chi connectivity index (χ0n) is 10.4. The van der Waals surface area contributed by atoms with E-state index in [-0.39, 0.29) is 0 Å². The Morgan fingerprint density at radius 3 is 2.53 bits per heavy atom. The van der Waals surface area contributed by atoms with Gasteiger partial charge in [0.05, 0.1) is 0 Å². The maximum Gasteiger partial charge on any atom is 0.0229 e. The van der Waals surface area contributed by atoms with Crippen molar-refractivity contribution in [2.45, 2.75) is 39.2 Å². The summed E-state index contributed by atoms with van der Waals surface area (Å²) < 4.78 is 0. The van der Waals surface area contributed by atoms with E-state index in [0.717, 1.165) is 6.04 Å². The summed E-state index contributed by atoms with van der Waals surface area (Å²) in [6.07, 6.45) is 4.38. The fraction of sp³-hybridized carbons (Fsp3) is 1.00. The molecule has 3 aliphatic heterocycles. The van der Waals surface area contributed by atoms with Gasteiger partial charge in [-0.1, -0.05) is 13.8 Å². The quantitative estimate of drug-likeness (QED) is 0.599. The summed E-state index contributed by atoms with van der Waals surface area (Å²) in [7, 11) is 2.27. The predicted molar refractivity (Wildman–Crippen MR) is 62.9 cm³/mol. The molecule has 15 heavy (non-hydrogen) atoms. The lowest BCUT2D eigenvalue weighted by atomic mass is 9.54. The fourth-order valence-electron chi connectivity index (χ4n) is 4.77. The van der Waals surface area contributed by atoms with Crippen molar-refractivity contribution in [2.75, 3.05) is 33.2 Å². The SMILES string of the molecule is CN1CCN2CC3(C)CC(C)(CC2C1)C3. The highest BCUT2D eigenvalue weighted by atomic mass is 15.3. The van der Waals surface area contributed by atoms with Gasteiger partial charge in [-0.05, 0) is 37.1 Å². The van der Waals surface area contributed by atoms with Gasteiger partial charge in [-0.3, -0.25) is 4.90 Å². The van der Waals surface area contributed by atoms with Crippen LogP contribution in [0, 0.1) is 10.8 Å². The minimum atomic E-state index is 0.652. The van der Waals surface area contributed by atoms with Gasteiger partial charge in [-0.2, -0.15) is 0 Å². The zero-order chi connectivity index (χ0) is 10.7. The molecule has 0 aromatic heterocycles. The monoisotopic (exact) mass is 208 g/mol. The van der Waals surface area contributed by atoms with E-state index >= 15 is 0 Å². The third-order valence-corrected chi connectivity index (χ3v) is 4.83. The second-order valence-electron chi connectivity index (χ2n) is 7.07. The van der Waals surface area contributed by atoms with Crippen molar-refractivity contribution >= 4 is 0 Å². The molecule has 86 valence electrons. The number of rotatable bonds is 0. The lowest BCUT2D eigenvalue weighted by molar-refractivity contribution is -0.00392. The minimum Gasteiger partial charge on any atom is -0.304 e. The maximum atomic E-state index is 2.78. The van der Waals surface area contributed by atoms with Crippen molar-refractivity contribution in [3.05, 3.63) is 0 Å². The van der Waals surface area contributed by atoms with E-state index in [1.165, 1.54) is 45.4 Å². The summed E-state index contributed by atoms with van der Waals surface area (Å²) in [6.45, 7) is 10.2. The minimum absolute atomic E-state index is 0.652. The summed E-state index contributed by atoms with van der Waals surface area (Å²) in [5.41, 5.74) is 1.33. The molecule has 1 aliphatic carbocycles. The Labute approximate surface area is 93.6 Å². The summed E-state index contributed by atoms with van der Waals surface area (Å²) >= 11 is 0. The third-order valence-electron chi connectivity index (χ3n) is 4.83. The summed E-state index contributed by atoms with van der Waals surface area (Å²) in [5, 5.41) is 0. The lowest BCUT2D eigenvalue weighted by Crippen LogP contribution is -2.52. The molecule has 1 atom stereocenters. The van der Waals surface area contributed by atoms with E-state index in [1.807, 2.05) is 0 Å². The van der Waals surface area contributed by atoms with Crippen LogP contribution in [0.2, 0.25) is 0 Å². The molecule has 0 radical (unpaired) electrons. The van der Waals surface area contributed by atoms with Crippen LogP contribution in [0.3, 0.4) is 0 Å². The van der Waals surface area contributed by atoms with Gasteiger partial charge in [0.2, 0.25) is 0 Å². The molecule has 1 unspecified atom stereocenters. The first-order valence-corrected chi connectivity index (χ1v) is 6.41. The molecule has 0 N–H and O–H groups in total. The van der Waals surface area contributed by atoms with Crippen molar-refractivity contribution in [1.29, 1.82) is 0 Å². The second-order valence-corrected chi connectivity index (χ2v) is 7.07. The average molecular weight is 208 g/mol. The molecule has 3 heterocycles. The number of nitrogens with zero attached hydrogens (tertiary/aromatic N) is 2. The molecule has 2 nitrogen and oxygen atoms in total. The van der Waals surface area contributed by atoms with Crippen molar-refractivity contribution in [3.8, 4) is 0 Å². The van der Waals surface area contributed by atoms with Crippen LogP contribution < -0.4 is 0 Å². The van der Waals surface area contributed by atoms with Crippen LogP contribution in [0.4, 0.5) is 0 Å². The molecule has 0 amide bonds. The molecule has 2 bridgehead atoms. The Balaban J connectivity index is 1.80. The van der Waals surface area contributed by atoms with Gasteiger partial charge in [0.1, 0.15) is 0 Å². The topological polar surface area (TPSA) is 6.48 Å². The van der Waals surface area contributed by atoms with Gasteiger partial charge in [-0.25, -0.2) is 0 Å². The first-order chi connectivity index (χ1) is 6.98. The standard InChI is InChI=1S/C13H24N2/c1-12-6-11-7-14(3)4-5-15(11)10-13(2,8-12)9-12/h11H,4-10H2,1-3H3. The Morgan fingerprint density at radius 2 is 1.80 bits per heavy atom. The average Bonchev–Trinajstić information content (AvgIpc) is 2.23. The van der Waals surface area contributed by atoms with E-state index in [9.17, 15) is 0 Å². The number of likely N-dealkylation sites (N-methyl/N-ethyl adjacent to an activating group) is 1. The summed E-state index contributed by atoms with van der Waals surface area (Å²) in [4.78, 5) is 5.29. The van der Waals surface area contributed by atoms with Gasteiger partial charge in [0.25, 0.3) is 0 Å². The smallest absolute Gasteiger partial charge is 0.0229 e. The van der Waals surface area contributed by atoms with Gasteiger partial charge in [-0.15, -0.1) is 0 Å². The second kappa shape index (κ2) is 2.98. The molecule has 2 heteroatoms. The molecule has 1 saturated carbocycles. The number of hydrogen-bond donors (Lipinski definition) is 0. The lowest BCUT2D eigenvalue weighted by Gasteiger charge is -2.51. The van der Waals surface area contributed by atoms with Crippen molar-refractivity contribution in [1.82, 2.24) is 9.80 Å². The summed E-state index contributed by atoms with van der Waals surface area (Å²) in [6, 6.07) is 0.845. The van der Waals surface area contributed by atoms with Crippen molar-refractivity contribution in [2.24, 2.45) is 10.8 Å². The van der Waals surface area contributed by atoms with Gasteiger partial charge in [0, 0.05) is 32.2 Å². The highest BCUT2D eigenvalue weighted by Gasteiger charge is 2.54.